The Morgan fingerprint density at radius 1 is 1.15 bits per heavy atom. The van der Waals surface area contributed by atoms with E-state index in [0.29, 0.717) is 29.8 Å². The van der Waals surface area contributed by atoms with Crippen LogP contribution in [0.5, 0.6) is 0 Å². The maximum atomic E-state index is 12.6. The molecule has 0 atom stereocenters. The van der Waals surface area contributed by atoms with Crippen LogP contribution in [0.3, 0.4) is 0 Å². The Morgan fingerprint density at radius 3 is 2.35 bits per heavy atom. The van der Waals surface area contributed by atoms with E-state index in [-0.39, 0.29) is 11.8 Å². The van der Waals surface area contributed by atoms with Crippen molar-refractivity contribution in [3.8, 4) is 0 Å². The number of hydrogen-bond acceptors (Lipinski definition) is 3. The second-order valence-electron chi connectivity index (χ2n) is 8.38. The lowest BCUT2D eigenvalue weighted by Crippen LogP contribution is -2.39. The van der Waals surface area contributed by atoms with Crippen LogP contribution >= 0.6 is 0 Å². The zero-order chi connectivity index (χ0) is 19.2. The standard InChI is InChI=1S/C20H32N2O3S/c1-20(2,3)12-7-13-21-19(23)16-17-10-14-22(15-11-17)26(24,25)18-8-5-4-6-9-18/h4-6,8-9,17H,7,10-16H2,1-3H3,(H,21,23). The van der Waals surface area contributed by atoms with E-state index in [9.17, 15) is 13.2 Å². The molecule has 6 heteroatoms. The summed E-state index contributed by atoms with van der Waals surface area (Å²) < 4.78 is 26.8. The van der Waals surface area contributed by atoms with Gasteiger partial charge in [-0.15, -0.1) is 0 Å². The number of sulfonamides is 1. The minimum absolute atomic E-state index is 0.0864. The number of hydrogen-bond donors (Lipinski definition) is 1. The second kappa shape index (κ2) is 9.00. The van der Waals surface area contributed by atoms with Crippen LogP contribution in [0.25, 0.3) is 0 Å². The summed E-state index contributed by atoms with van der Waals surface area (Å²) >= 11 is 0. The highest BCUT2D eigenvalue weighted by atomic mass is 32.2. The van der Waals surface area contributed by atoms with E-state index in [2.05, 4.69) is 26.1 Å². The molecule has 0 aromatic heterocycles. The maximum Gasteiger partial charge on any atom is 0.243 e. The van der Waals surface area contributed by atoms with E-state index in [4.69, 9.17) is 0 Å². The number of carbonyl (C=O) groups is 1. The van der Waals surface area contributed by atoms with Gasteiger partial charge in [0.05, 0.1) is 4.90 Å². The monoisotopic (exact) mass is 380 g/mol. The van der Waals surface area contributed by atoms with Crippen molar-refractivity contribution in [2.75, 3.05) is 19.6 Å². The van der Waals surface area contributed by atoms with E-state index in [1.165, 1.54) is 0 Å². The normalized spacial score (nSPS) is 17.2. The third-order valence-corrected chi connectivity index (χ3v) is 6.77. The van der Waals surface area contributed by atoms with Crippen LogP contribution < -0.4 is 5.32 Å². The van der Waals surface area contributed by atoms with E-state index in [0.717, 1.165) is 32.2 Å². The molecule has 0 aliphatic carbocycles. The van der Waals surface area contributed by atoms with Gasteiger partial charge in [0.1, 0.15) is 0 Å². The molecule has 1 aromatic rings. The summed E-state index contributed by atoms with van der Waals surface area (Å²) in [5.74, 6) is 0.350. The highest BCUT2D eigenvalue weighted by molar-refractivity contribution is 7.89. The van der Waals surface area contributed by atoms with E-state index < -0.39 is 10.0 Å². The van der Waals surface area contributed by atoms with Gasteiger partial charge in [-0.05, 0) is 49.1 Å². The summed E-state index contributed by atoms with van der Waals surface area (Å²) in [5.41, 5.74) is 0.293. The Hall–Kier alpha value is -1.40. The van der Waals surface area contributed by atoms with Crippen LogP contribution in [0, 0.1) is 11.3 Å². The summed E-state index contributed by atoms with van der Waals surface area (Å²) in [5, 5.41) is 3.00. The average molecular weight is 381 g/mol. The molecule has 1 saturated heterocycles. The van der Waals surface area contributed by atoms with Crippen molar-refractivity contribution in [3.63, 3.8) is 0 Å². The van der Waals surface area contributed by atoms with Gasteiger partial charge in [-0.3, -0.25) is 4.79 Å². The molecule has 1 N–H and O–H groups in total. The summed E-state index contributed by atoms with van der Waals surface area (Å²) in [6.45, 7) is 8.29. The second-order valence-corrected chi connectivity index (χ2v) is 10.3. The number of amides is 1. The molecule has 0 radical (unpaired) electrons. The number of benzene rings is 1. The molecule has 5 nitrogen and oxygen atoms in total. The lowest BCUT2D eigenvalue weighted by molar-refractivity contribution is -0.122. The predicted molar refractivity (Wildman–Crippen MR) is 104 cm³/mol. The van der Waals surface area contributed by atoms with Crippen molar-refractivity contribution in [3.05, 3.63) is 30.3 Å². The molecule has 1 aliphatic heterocycles. The van der Waals surface area contributed by atoms with E-state index in [1.807, 2.05) is 6.07 Å². The molecule has 1 aliphatic rings. The molecule has 0 saturated carbocycles. The first-order valence-corrected chi connectivity index (χ1v) is 10.9. The van der Waals surface area contributed by atoms with Crippen LogP contribution in [0.15, 0.2) is 35.2 Å². The number of rotatable bonds is 7. The molecule has 1 amide bonds. The van der Waals surface area contributed by atoms with Crippen molar-refractivity contribution in [2.45, 2.75) is 57.8 Å². The Labute approximate surface area is 158 Å². The Morgan fingerprint density at radius 2 is 1.77 bits per heavy atom. The first-order chi connectivity index (χ1) is 12.2. The molecule has 1 aromatic carbocycles. The lowest BCUT2D eigenvalue weighted by Gasteiger charge is -2.31. The maximum absolute atomic E-state index is 12.6. The summed E-state index contributed by atoms with van der Waals surface area (Å²) in [6, 6.07) is 8.55. The van der Waals surface area contributed by atoms with Crippen molar-refractivity contribution in [1.29, 1.82) is 0 Å². The SMILES string of the molecule is CC(C)(C)CCCNC(=O)CC1CCN(S(=O)(=O)c2ccccc2)CC1. The smallest absolute Gasteiger partial charge is 0.243 e. The molecule has 1 heterocycles. The van der Waals surface area contributed by atoms with E-state index in [1.54, 1.807) is 28.6 Å². The topological polar surface area (TPSA) is 66.5 Å². The van der Waals surface area contributed by atoms with Crippen molar-refractivity contribution in [2.24, 2.45) is 11.3 Å². The fourth-order valence-corrected chi connectivity index (χ4v) is 4.77. The molecule has 0 bridgehead atoms. The molecule has 0 spiro atoms. The van der Waals surface area contributed by atoms with Crippen LogP contribution in [-0.2, 0) is 14.8 Å². The van der Waals surface area contributed by atoms with Crippen LogP contribution in [-0.4, -0.2) is 38.3 Å². The van der Waals surface area contributed by atoms with Gasteiger partial charge in [-0.2, -0.15) is 4.31 Å². The summed E-state index contributed by atoms with van der Waals surface area (Å²) in [4.78, 5) is 12.4. The summed E-state index contributed by atoms with van der Waals surface area (Å²) in [6.07, 6.45) is 4.05. The van der Waals surface area contributed by atoms with Gasteiger partial charge in [0, 0.05) is 26.1 Å². The minimum Gasteiger partial charge on any atom is -0.356 e. The molecular weight excluding hydrogens is 348 g/mol. The molecule has 146 valence electrons. The number of piperidine rings is 1. The van der Waals surface area contributed by atoms with Gasteiger partial charge in [-0.25, -0.2) is 8.42 Å². The predicted octanol–water partition coefficient (Wildman–Crippen LogP) is 3.42. The molecular formula is C20H32N2O3S. The quantitative estimate of drug-likeness (QED) is 0.737. The van der Waals surface area contributed by atoms with Crippen LogP contribution in [0.2, 0.25) is 0 Å². The van der Waals surface area contributed by atoms with Gasteiger partial charge >= 0.3 is 0 Å². The molecule has 2 rings (SSSR count). The largest absolute Gasteiger partial charge is 0.356 e. The van der Waals surface area contributed by atoms with E-state index >= 15 is 0 Å². The van der Waals surface area contributed by atoms with Crippen molar-refractivity contribution < 1.29 is 13.2 Å². The average Bonchev–Trinajstić information content (AvgIpc) is 2.59. The molecule has 1 fully saturated rings. The minimum atomic E-state index is -3.41. The third kappa shape index (κ3) is 6.40. The van der Waals surface area contributed by atoms with Crippen LogP contribution in [0.4, 0.5) is 0 Å². The number of nitrogens with zero attached hydrogens (tertiary/aromatic N) is 1. The highest BCUT2D eigenvalue weighted by Crippen LogP contribution is 2.25. The van der Waals surface area contributed by atoms with Gasteiger partial charge in [0.15, 0.2) is 0 Å². The number of nitrogens with one attached hydrogen (secondary N) is 1. The third-order valence-electron chi connectivity index (χ3n) is 4.85. The fourth-order valence-electron chi connectivity index (χ4n) is 3.28. The molecule has 0 unspecified atom stereocenters. The van der Waals surface area contributed by atoms with Crippen LogP contribution in [0.1, 0.15) is 52.9 Å². The lowest BCUT2D eigenvalue weighted by atomic mass is 9.90. The first-order valence-electron chi connectivity index (χ1n) is 9.50. The van der Waals surface area contributed by atoms with Gasteiger partial charge in [0.2, 0.25) is 15.9 Å². The Kier molecular flexibility index (Phi) is 7.24. The van der Waals surface area contributed by atoms with Gasteiger partial charge in [0.25, 0.3) is 0 Å². The van der Waals surface area contributed by atoms with Gasteiger partial charge < -0.3 is 5.32 Å². The zero-order valence-corrected chi connectivity index (χ0v) is 17.0. The van der Waals surface area contributed by atoms with Crippen molar-refractivity contribution in [1.82, 2.24) is 9.62 Å². The summed E-state index contributed by atoms with van der Waals surface area (Å²) in [7, 11) is -3.41. The Balaban J connectivity index is 1.74. The van der Waals surface area contributed by atoms with Gasteiger partial charge in [-0.1, -0.05) is 39.0 Å². The highest BCUT2D eigenvalue weighted by Gasteiger charge is 2.29. The Bertz CT molecular complexity index is 673. The zero-order valence-electron chi connectivity index (χ0n) is 16.2. The number of carbonyl (C=O) groups excluding carboxylic acids is 1. The fraction of sp³-hybridized carbons (Fsp3) is 0.650. The van der Waals surface area contributed by atoms with Crippen molar-refractivity contribution >= 4 is 15.9 Å². The molecule has 26 heavy (non-hydrogen) atoms. The first kappa shape index (κ1) is 20.9.